The second-order valence-corrected chi connectivity index (χ2v) is 11.3. The zero-order valence-electron chi connectivity index (χ0n) is 21.0. The van der Waals surface area contributed by atoms with Crippen LogP contribution in [0.2, 0.25) is 0 Å². The van der Waals surface area contributed by atoms with Crippen LogP contribution in [0.15, 0.2) is 42.5 Å². The summed E-state index contributed by atoms with van der Waals surface area (Å²) in [5, 5.41) is 13.0. The van der Waals surface area contributed by atoms with E-state index in [0.29, 0.717) is 45.5 Å². The van der Waals surface area contributed by atoms with Crippen LogP contribution in [0.4, 0.5) is 15.2 Å². The summed E-state index contributed by atoms with van der Waals surface area (Å²) in [7, 11) is 0. The van der Waals surface area contributed by atoms with E-state index in [4.69, 9.17) is 10.5 Å². The van der Waals surface area contributed by atoms with Crippen molar-refractivity contribution in [1.29, 1.82) is 0 Å². The minimum atomic E-state index is -0.606. The van der Waals surface area contributed by atoms with Crippen molar-refractivity contribution in [2.24, 2.45) is 11.1 Å². The molecule has 1 atom stereocenters. The Morgan fingerprint density at radius 1 is 1.30 bits per heavy atom. The van der Waals surface area contributed by atoms with Gasteiger partial charge in [-0.2, -0.15) is 0 Å². The average Bonchev–Trinajstić information content (AvgIpc) is 3.25. The number of benzene rings is 1. The summed E-state index contributed by atoms with van der Waals surface area (Å²) in [5.41, 5.74) is 8.38. The first-order valence-electron chi connectivity index (χ1n) is 12.7. The van der Waals surface area contributed by atoms with E-state index in [1.165, 1.54) is 49.8 Å². The highest BCUT2D eigenvalue weighted by Gasteiger charge is 2.46. The van der Waals surface area contributed by atoms with Gasteiger partial charge in [-0.25, -0.2) is 9.37 Å². The Kier molecular flexibility index (Phi) is 7.57. The molecule has 3 heterocycles. The molecule has 1 saturated heterocycles. The van der Waals surface area contributed by atoms with E-state index < -0.39 is 11.7 Å². The molecular weight excluding hydrogens is 491 g/mol. The molecule has 2 fully saturated rings. The van der Waals surface area contributed by atoms with Crippen LogP contribution >= 0.6 is 11.3 Å². The lowest BCUT2D eigenvalue weighted by atomic mass is 9.63. The van der Waals surface area contributed by atoms with Gasteiger partial charge in [-0.3, -0.25) is 9.69 Å². The molecule has 2 aliphatic rings. The normalized spacial score (nSPS) is 17.3. The van der Waals surface area contributed by atoms with Gasteiger partial charge in [0.1, 0.15) is 16.6 Å². The molecule has 1 aromatic carbocycles. The summed E-state index contributed by atoms with van der Waals surface area (Å²) < 4.78 is 20.8. The van der Waals surface area contributed by atoms with Gasteiger partial charge in [-0.15, -0.1) is 11.3 Å². The average molecular weight is 525 g/mol. The summed E-state index contributed by atoms with van der Waals surface area (Å²) in [5.74, 6) is -0.632. The van der Waals surface area contributed by atoms with Crippen LogP contribution in [-0.4, -0.2) is 53.7 Å². The molecule has 1 aliphatic heterocycles. The van der Waals surface area contributed by atoms with Crippen LogP contribution in [0, 0.1) is 11.2 Å². The van der Waals surface area contributed by atoms with Crippen molar-refractivity contribution in [1.82, 2.24) is 9.88 Å². The number of ether oxygens (including phenoxy) is 1. The number of nitrogens with one attached hydrogen (secondary N) is 1. The first kappa shape index (κ1) is 25.8. The fraction of sp³-hybridized carbons (Fsp3) is 0.429. The number of primary amides is 1. The number of anilines is 2. The summed E-state index contributed by atoms with van der Waals surface area (Å²) in [6.45, 7) is 6.18. The molecule has 37 heavy (non-hydrogen) atoms. The molecule has 196 valence electrons. The van der Waals surface area contributed by atoms with Gasteiger partial charge in [-0.1, -0.05) is 31.5 Å². The molecule has 7 nitrogen and oxygen atoms in total. The Labute approximate surface area is 220 Å². The second kappa shape index (κ2) is 10.9. The fourth-order valence-electron chi connectivity index (χ4n) is 5.11. The standard InChI is InChI=1S/C28H33FN4O3S/c1-18(14-34)19-6-7-21(23(29)12-19)24-13-22(26(30)35)27(37-24)32-25-5-2-4-20(31-25)15-36-11-10-33-16-28(17-33)8-3-9-28/h2,4-7,12-13,18,34H,3,8-11,14-17H2,1H3,(H2,30,35)(H,31,32). The number of carbonyl (C=O) groups excluding carboxylic acids is 1. The number of halogens is 1. The number of hydrogen-bond acceptors (Lipinski definition) is 7. The van der Waals surface area contributed by atoms with Gasteiger partial charge in [0.15, 0.2) is 0 Å². The first-order chi connectivity index (χ1) is 17.9. The van der Waals surface area contributed by atoms with Gasteiger partial charge in [0.25, 0.3) is 5.91 Å². The molecule has 1 aliphatic carbocycles. The minimum Gasteiger partial charge on any atom is -0.396 e. The maximum absolute atomic E-state index is 14.9. The molecule has 1 spiro atoms. The van der Waals surface area contributed by atoms with E-state index >= 15 is 0 Å². The van der Waals surface area contributed by atoms with Crippen LogP contribution in [-0.2, 0) is 11.3 Å². The number of hydrogen-bond donors (Lipinski definition) is 3. The van der Waals surface area contributed by atoms with E-state index in [2.05, 4.69) is 15.2 Å². The highest BCUT2D eigenvalue weighted by Crippen LogP contribution is 2.47. The lowest BCUT2D eigenvalue weighted by Gasteiger charge is -2.56. The molecule has 4 N–H and O–H groups in total. The zero-order chi connectivity index (χ0) is 26.0. The minimum absolute atomic E-state index is 0.0616. The van der Waals surface area contributed by atoms with Crippen LogP contribution in [0.1, 0.15) is 53.7 Å². The van der Waals surface area contributed by atoms with Crippen LogP contribution in [0.25, 0.3) is 10.4 Å². The molecule has 1 unspecified atom stereocenters. The maximum Gasteiger partial charge on any atom is 0.251 e. The van der Waals surface area contributed by atoms with Crippen LogP contribution < -0.4 is 11.1 Å². The van der Waals surface area contributed by atoms with E-state index in [-0.39, 0.29) is 18.1 Å². The number of carbonyl (C=O) groups is 1. The Morgan fingerprint density at radius 3 is 2.78 bits per heavy atom. The fourth-order valence-corrected chi connectivity index (χ4v) is 6.21. The lowest BCUT2D eigenvalue weighted by molar-refractivity contribution is -0.0707. The van der Waals surface area contributed by atoms with Crippen molar-refractivity contribution >= 4 is 28.1 Å². The Balaban J connectivity index is 1.22. The third-order valence-corrected chi connectivity index (χ3v) is 8.57. The molecule has 1 saturated carbocycles. The number of aromatic nitrogens is 1. The number of aliphatic hydroxyl groups is 1. The maximum atomic E-state index is 14.9. The third-order valence-electron chi connectivity index (χ3n) is 7.48. The second-order valence-electron chi connectivity index (χ2n) is 10.3. The predicted molar refractivity (Wildman–Crippen MR) is 144 cm³/mol. The van der Waals surface area contributed by atoms with Crippen molar-refractivity contribution in [3.05, 3.63) is 65.1 Å². The first-order valence-corrected chi connectivity index (χ1v) is 13.5. The van der Waals surface area contributed by atoms with Crippen LogP contribution in [0.3, 0.4) is 0 Å². The highest BCUT2D eigenvalue weighted by molar-refractivity contribution is 7.19. The van der Waals surface area contributed by atoms with Gasteiger partial charge in [0.05, 0.1) is 24.5 Å². The number of amides is 1. The number of likely N-dealkylation sites (tertiary alicyclic amines) is 1. The Bertz CT molecular complexity index is 1270. The number of aliphatic hydroxyl groups excluding tert-OH is 1. The van der Waals surface area contributed by atoms with Crippen molar-refractivity contribution in [2.75, 3.05) is 38.2 Å². The van der Waals surface area contributed by atoms with E-state index in [1.54, 1.807) is 24.3 Å². The monoisotopic (exact) mass is 524 g/mol. The summed E-state index contributed by atoms with van der Waals surface area (Å²) in [4.78, 5) is 19.8. The van der Waals surface area contributed by atoms with Gasteiger partial charge in [0, 0.05) is 42.6 Å². The number of rotatable bonds is 11. The largest absolute Gasteiger partial charge is 0.396 e. The Morgan fingerprint density at radius 2 is 2.11 bits per heavy atom. The molecule has 1 amide bonds. The molecule has 0 bridgehead atoms. The third kappa shape index (κ3) is 5.70. The molecule has 2 aromatic heterocycles. The number of nitrogens with two attached hydrogens (primary N) is 1. The van der Waals surface area contributed by atoms with Gasteiger partial charge in [-0.05, 0) is 48.1 Å². The number of nitrogens with zero attached hydrogens (tertiary/aromatic N) is 2. The van der Waals surface area contributed by atoms with E-state index in [9.17, 15) is 14.3 Å². The molecule has 9 heteroatoms. The quantitative estimate of drug-likeness (QED) is 0.309. The molecule has 3 aromatic rings. The zero-order valence-corrected chi connectivity index (χ0v) is 21.8. The Hall–Kier alpha value is -2.85. The van der Waals surface area contributed by atoms with Crippen molar-refractivity contribution in [3.8, 4) is 10.4 Å². The van der Waals surface area contributed by atoms with Crippen molar-refractivity contribution in [3.63, 3.8) is 0 Å². The smallest absolute Gasteiger partial charge is 0.251 e. The van der Waals surface area contributed by atoms with Gasteiger partial charge >= 0.3 is 0 Å². The lowest BCUT2D eigenvalue weighted by Crippen LogP contribution is -2.60. The summed E-state index contributed by atoms with van der Waals surface area (Å²) in [6, 6.07) is 12.1. The van der Waals surface area contributed by atoms with Gasteiger partial charge < -0.3 is 20.9 Å². The number of thiophene rings is 1. The SMILES string of the molecule is CC(CO)c1ccc(-c2cc(C(N)=O)c(Nc3cccc(COCCN4CC5(CCC5)C4)n3)s2)c(F)c1. The van der Waals surface area contributed by atoms with Crippen LogP contribution in [0.5, 0.6) is 0 Å². The number of pyridine rings is 1. The van der Waals surface area contributed by atoms with E-state index in [0.717, 1.165) is 12.2 Å². The topological polar surface area (TPSA) is 101 Å². The molecule has 5 rings (SSSR count). The molecular formula is C28H33FN4O3S. The van der Waals surface area contributed by atoms with Crippen molar-refractivity contribution < 1.29 is 19.0 Å². The highest BCUT2D eigenvalue weighted by atomic mass is 32.1. The van der Waals surface area contributed by atoms with Crippen molar-refractivity contribution in [2.45, 2.75) is 38.7 Å². The summed E-state index contributed by atoms with van der Waals surface area (Å²) in [6.07, 6.45) is 4.13. The van der Waals surface area contributed by atoms with Gasteiger partial charge in [0.2, 0.25) is 0 Å². The summed E-state index contributed by atoms with van der Waals surface area (Å²) >= 11 is 1.24. The predicted octanol–water partition coefficient (Wildman–Crippen LogP) is 4.89. The van der Waals surface area contributed by atoms with E-state index in [1.807, 2.05) is 19.1 Å². The molecule has 0 radical (unpaired) electrons.